The molecule has 3 rings (SSSR count). The number of nitrogens with zero attached hydrogens (tertiary/aromatic N) is 1. The minimum Gasteiger partial charge on any atom is -0.341 e. The summed E-state index contributed by atoms with van der Waals surface area (Å²) in [6.07, 6.45) is 1.91. The minimum absolute atomic E-state index is 0.0906. The second kappa shape index (κ2) is 7.28. The van der Waals surface area contributed by atoms with E-state index < -0.39 is 6.04 Å². The van der Waals surface area contributed by atoms with E-state index in [9.17, 15) is 9.59 Å². The van der Waals surface area contributed by atoms with Crippen molar-refractivity contribution in [3.8, 4) is 0 Å². The Morgan fingerprint density at radius 1 is 1.16 bits per heavy atom. The molecule has 5 heteroatoms. The van der Waals surface area contributed by atoms with Crippen LogP contribution in [-0.4, -0.2) is 24.4 Å². The van der Waals surface area contributed by atoms with Crippen molar-refractivity contribution in [1.29, 1.82) is 0 Å². The Balaban J connectivity index is 1.73. The maximum absolute atomic E-state index is 12.9. The molecule has 4 nitrogen and oxygen atoms in total. The third-order valence-corrected chi connectivity index (χ3v) is 4.70. The van der Waals surface area contributed by atoms with Crippen LogP contribution in [-0.2, 0) is 11.2 Å². The highest BCUT2D eigenvalue weighted by Crippen LogP contribution is 2.28. The molecular formula is C20H21ClN2O2. The molecule has 1 aliphatic rings. The maximum atomic E-state index is 12.9. The summed E-state index contributed by atoms with van der Waals surface area (Å²) >= 11 is 5.84. The van der Waals surface area contributed by atoms with E-state index in [1.54, 1.807) is 36.1 Å². The summed E-state index contributed by atoms with van der Waals surface area (Å²) in [7, 11) is 0. The van der Waals surface area contributed by atoms with Gasteiger partial charge in [0.15, 0.2) is 0 Å². The molecule has 0 saturated heterocycles. The fraction of sp³-hybridized carbons (Fsp3) is 0.300. The molecule has 130 valence electrons. The van der Waals surface area contributed by atoms with Gasteiger partial charge in [-0.15, -0.1) is 0 Å². The minimum atomic E-state index is -0.601. The van der Waals surface area contributed by atoms with Crippen LogP contribution in [0, 0.1) is 6.92 Å². The van der Waals surface area contributed by atoms with Crippen molar-refractivity contribution in [3.63, 3.8) is 0 Å². The van der Waals surface area contributed by atoms with Gasteiger partial charge in [-0.2, -0.15) is 0 Å². The van der Waals surface area contributed by atoms with Gasteiger partial charge < -0.3 is 10.2 Å². The number of anilines is 1. The Hall–Kier alpha value is -2.33. The van der Waals surface area contributed by atoms with Crippen LogP contribution in [0.25, 0.3) is 0 Å². The molecule has 2 aromatic rings. The first kappa shape index (κ1) is 17.5. The van der Waals surface area contributed by atoms with Gasteiger partial charge in [0.25, 0.3) is 5.91 Å². The lowest BCUT2D eigenvalue weighted by molar-refractivity contribution is -0.120. The SMILES string of the molecule is Cc1ccc2c(c1)CCCN2C(=O)C(C)NC(=O)c1ccc(Cl)cc1. The monoisotopic (exact) mass is 356 g/mol. The van der Waals surface area contributed by atoms with Crippen LogP contribution in [0.15, 0.2) is 42.5 Å². The molecule has 1 aliphatic heterocycles. The molecular weight excluding hydrogens is 336 g/mol. The summed E-state index contributed by atoms with van der Waals surface area (Å²) < 4.78 is 0. The molecule has 0 aliphatic carbocycles. The van der Waals surface area contributed by atoms with Gasteiger partial charge in [-0.25, -0.2) is 0 Å². The molecule has 1 N–H and O–H groups in total. The Morgan fingerprint density at radius 3 is 2.60 bits per heavy atom. The van der Waals surface area contributed by atoms with Crippen LogP contribution in [0.4, 0.5) is 5.69 Å². The van der Waals surface area contributed by atoms with E-state index in [0.717, 1.165) is 18.5 Å². The zero-order valence-electron chi connectivity index (χ0n) is 14.4. The predicted octanol–water partition coefficient (Wildman–Crippen LogP) is 3.75. The smallest absolute Gasteiger partial charge is 0.251 e. The van der Waals surface area contributed by atoms with Gasteiger partial charge in [-0.1, -0.05) is 29.3 Å². The Morgan fingerprint density at radius 2 is 1.88 bits per heavy atom. The number of amides is 2. The molecule has 0 radical (unpaired) electrons. The number of benzene rings is 2. The predicted molar refractivity (Wildman–Crippen MR) is 100 cm³/mol. The molecule has 0 fully saturated rings. The topological polar surface area (TPSA) is 49.4 Å². The average Bonchev–Trinajstić information content (AvgIpc) is 2.60. The van der Waals surface area contributed by atoms with Gasteiger partial charge in [0.05, 0.1) is 0 Å². The van der Waals surface area contributed by atoms with Crippen LogP contribution in [0.3, 0.4) is 0 Å². The van der Waals surface area contributed by atoms with E-state index in [2.05, 4.69) is 18.3 Å². The highest BCUT2D eigenvalue weighted by atomic mass is 35.5. The Labute approximate surface area is 152 Å². The second-order valence-electron chi connectivity index (χ2n) is 6.43. The lowest BCUT2D eigenvalue weighted by Crippen LogP contribution is -2.48. The molecule has 0 spiro atoms. The van der Waals surface area contributed by atoms with E-state index in [1.807, 2.05) is 12.1 Å². The van der Waals surface area contributed by atoms with Gasteiger partial charge in [0.2, 0.25) is 5.91 Å². The molecule has 1 unspecified atom stereocenters. The number of halogens is 1. The molecule has 0 saturated carbocycles. The third kappa shape index (κ3) is 3.85. The summed E-state index contributed by atoms with van der Waals surface area (Å²) in [6.45, 7) is 4.45. The van der Waals surface area contributed by atoms with Crippen molar-refractivity contribution in [1.82, 2.24) is 5.32 Å². The third-order valence-electron chi connectivity index (χ3n) is 4.44. The van der Waals surface area contributed by atoms with E-state index in [-0.39, 0.29) is 11.8 Å². The lowest BCUT2D eigenvalue weighted by atomic mass is 9.99. The quantitative estimate of drug-likeness (QED) is 0.910. The van der Waals surface area contributed by atoms with Crippen LogP contribution >= 0.6 is 11.6 Å². The molecule has 1 heterocycles. The van der Waals surface area contributed by atoms with Crippen molar-refractivity contribution in [2.75, 3.05) is 11.4 Å². The number of hydrogen-bond donors (Lipinski definition) is 1. The molecule has 25 heavy (non-hydrogen) atoms. The maximum Gasteiger partial charge on any atom is 0.251 e. The van der Waals surface area contributed by atoms with E-state index in [4.69, 9.17) is 11.6 Å². The van der Waals surface area contributed by atoms with Crippen LogP contribution < -0.4 is 10.2 Å². The first-order valence-electron chi connectivity index (χ1n) is 8.43. The molecule has 2 amide bonds. The summed E-state index contributed by atoms with van der Waals surface area (Å²) in [5.41, 5.74) is 3.82. The number of nitrogens with one attached hydrogen (secondary N) is 1. The summed E-state index contributed by atoms with van der Waals surface area (Å²) in [5, 5.41) is 3.35. The van der Waals surface area contributed by atoms with Crippen LogP contribution in [0.2, 0.25) is 5.02 Å². The van der Waals surface area contributed by atoms with Gasteiger partial charge in [-0.3, -0.25) is 9.59 Å². The highest BCUT2D eigenvalue weighted by molar-refractivity contribution is 6.30. The van der Waals surface area contributed by atoms with E-state index in [0.29, 0.717) is 17.1 Å². The van der Waals surface area contributed by atoms with E-state index >= 15 is 0 Å². The van der Waals surface area contributed by atoms with Gasteiger partial charge in [0.1, 0.15) is 6.04 Å². The number of aryl methyl sites for hydroxylation is 2. The standard InChI is InChI=1S/C20H21ClN2O2/c1-13-5-10-18-16(12-13)4-3-11-23(18)20(25)14(2)22-19(24)15-6-8-17(21)9-7-15/h5-10,12,14H,3-4,11H2,1-2H3,(H,22,24). The number of fused-ring (bicyclic) bond motifs is 1. The summed E-state index contributed by atoms with van der Waals surface area (Å²) in [5.74, 6) is -0.370. The Kier molecular flexibility index (Phi) is 5.09. The average molecular weight is 357 g/mol. The first-order chi connectivity index (χ1) is 12.0. The second-order valence-corrected chi connectivity index (χ2v) is 6.86. The number of rotatable bonds is 3. The zero-order valence-corrected chi connectivity index (χ0v) is 15.1. The Bertz CT molecular complexity index is 802. The first-order valence-corrected chi connectivity index (χ1v) is 8.81. The fourth-order valence-corrected chi connectivity index (χ4v) is 3.26. The summed E-state index contributed by atoms with van der Waals surface area (Å²) in [6, 6.07) is 12.2. The van der Waals surface area contributed by atoms with E-state index in [1.165, 1.54) is 11.1 Å². The van der Waals surface area contributed by atoms with Gasteiger partial charge >= 0.3 is 0 Å². The number of carbonyl (C=O) groups excluding carboxylic acids is 2. The molecule has 1 atom stereocenters. The van der Waals surface area contributed by atoms with Crippen molar-refractivity contribution >= 4 is 29.1 Å². The zero-order chi connectivity index (χ0) is 18.0. The molecule has 0 aromatic heterocycles. The summed E-state index contributed by atoms with van der Waals surface area (Å²) in [4.78, 5) is 27.0. The van der Waals surface area contributed by atoms with Crippen LogP contribution in [0.1, 0.15) is 34.8 Å². The number of hydrogen-bond acceptors (Lipinski definition) is 2. The molecule has 0 bridgehead atoms. The highest BCUT2D eigenvalue weighted by Gasteiger charge is 2.27. The lowest BCUT2D eigenvalue weighted by Gasteiger charge is -2.32. The molecule has 2 aromatic carbocycles. The van der Waals surface area contributed by atoms with Crippen molar-refractivity contribution in [2.24, 2.45) is 0 Å². The van der Waals surface area contributed by atoms with Crippen molar-refractivity contribution < 1.29 is 9.59 Å². The van der Waals surface area contributed by atoms with Crippen molar-refractivity contribution in [3.05, 3.63) is 64.2 Å². The van der Waals surface area contributed by atoms with Gasteiger partial charge in [0, 0.05) is 22.8 Å². The number of carbonyl (C=O) groups is 2. The fourth-order valence-electron chi connectivity index (χ4n) is 3.13. The van der Waals surface area contributed by atoms with Gasteiger partial charge in [-0.05, 0) is 62.6 Å². The largest absolute Gasteiger partial charge is 0.341 e. The van der Waals surface area contributed by atoms with Crippen molar-refractivity contribution in [2.45, 2.75) is 32.7 Å². The normalized spacial score (nSPS) is 14.6. The van der Waals surface area contributed by atoms with Crippen LogP contribution in [0.5, 0.6) is 0 Å².